The SMILES string of the molecule is Cc1ccc(NC(=O)CN(C)CC(=O)c2cc(C)n(C[C@@H]3CCCO3)c2C)cc1. The van der Waals surface area contributed by atoms with Gasteiger partial charge in [-0.1, -0.05) is 17.7 Å². The van der Waals surface area contributed by atoms with Crippen LogP contribution in [0.1, 0.15) is 40.2 Å². The summed E-state index contributed by atoms with van der Waals surface area (Å²) in [5, 5.41) is 2.87. The van der Waals surface area contributed by atoms with Crippen LogP contribution >= 0.6 is 0 Å². The van der Waals surface area contributed by atoms with E-state index in [9.17, 15) is 9.59 Å². The highest BCUT2D eigenvalue weighted by molar-refractivity contribution is 5.99. The Labute approximate surface area is 172 Å². The average Bonchev–Trinajstić information content (AvgIpc) is 3.27. The van der Waals surface area contributed by atoms with Gasteiger partial charge < -0.3 is 14.6 Å². The van der Waals surface area contributed by atoms with Crippen molar-refractivity contribution in [3.63, 3.8) is 0 Å². The van der Waals surface area contributed by atoms with Gasteiger partial charge in [0.1, 0.15) is 0 Å². The molecule has 1 amide bonds. The quantitative estimate of drug-likeness (QED) is 0.694. The van der Waals surface area contributed by atoms with E-state index in [1.165, 1.54) is 0 Å². The summed E-state index contributed by atoms with van der Waals surface area (Å²) in [7, 11) is 1.79. The number of anilines is 1. The van der Waals surface area contributed by atoms with E-state index in [2.05, 4.69) is 9.88 Å². The first-order valence-electron chi connectivity index (χ1n) is 10.2. The molecule has 1 atom stereocenters. The third-order valence-corrected chi connectivity index (χ3v) is 5.45. The average molecular weight is 398 g/mol. The Morgan fingerprint density at radius 3 is 2.55 bits per heavy atom. The Morgan fingerprint density at radius 1 is 1.17 bits per heavy atom. The fourth-order valence-electron chi connectivity index (χ4n) is 3.83. The fourth-order valence-corrected chi connectivity index (χ4v) is 3.83. The Kier molecular flexibility index (Phi) is 6.87. The molecule has 1 aromatic heterocycles. The zero-order valence-electron chi connectivity index (χ0n) is 17.8. The predicted octanol–water partition coefficient (Wildman–Crippen LogP) is 3.35. The number of nitrogens with zero attached hydrogens (tertiary/aromatic N) is 2. The minimum Gasteiger partial charge on any atom is -0.376 e. The topological polar surface area (TPSA) is 63.6 Å². The van der Waals surface area contributed by atoms with Gasteiger partial charge in [0.25, 0.3) is 0 Å². The van der Waals surface area contributed by atoms with Crippen molar-refractivity contribution in [3.8, 4) is 0 Å². The van der Waals surface area contributed by atoms with Crippen LogP contribution in [-0.2, 0) is 16.1 Å². The number of hydrogen-bond acceptors (Lipinski definition) is 4. The van der Waals surface area contributed by atoms with Gasteiger partial charge in [-0.2, -0.15) is 0 Å². The molecule has 6 heteroatoms. The number of amides is 1. The van der Waals surface area contributed by atoms with E-state index in [4.69, 9.17) is 4.74 Å². The van der Waals surface area contributed by atoms with Crippen LogP contribution in [0.4, 0.5) is 5.69 Å². The Morgan fingerprint density at radius 2 is 1.90 bits per heavy atom. The Balaban J connectivity index is 1.56. The molecule has 1 saturated heterocycles. The van der Waals surface area contributed by atoms with Crippen molar-refractivity contribution in [1.82, 2.24) is 9.47 Å². The van der Waals surface area contributed by atoms with E-state index in [1.54, 1.807) is 11.9 Å². The highest BCUT2D eigenvalue weighted by atomic mass is 16.5. The first-order chi connectivity index (χ1) is 13.8. The van der Waals surface area contributed by atoms with E-state index in [0.717, 1.165) is 54.2 Å². The molecule has 0 bridgehead atoms. The lowest BCUT2D eigenvalue weighted by Gasteiger charge is -2.16. The minimum atomic E-state index is -0.131. The molecule has 1 aliphatic heterocycles. The zero-order chi connectivity index (χ0) is 21.0. The Bertz CT molecular complexity index is 864. The molecule has 1 fully saturated rings. The van der Waals surface area contributed by atoms with Gasteiger partial charge in [-0.15, -0.1) is 0 Å². The summed E-state index contributed by atoms with van der Waals surface area (Å²) >= 11 is 0. The number of likely N-dealkylation sites (N-methyl/N-ethyl adjacent to an activating group) is 1. The van der Waals surface area contributed by atoms with Crippen molar-refractivity contribution >= 4 is 17.4 Å². The number of hydrogen-bond donors (Lipinski definition) is 1. The molecule has 3 rings (SSSR count). The van der Waals surface area contributed by atoms with Gasteiger partial charge in [-0.05, 0) is 58.9 Å². The van der Waals surface area contributed by atoms with Crippen LogP contribution < -0.4 is 5.32 Å². The third-order valence-electron chi connectivity index (χ3n) is 5.45. The second kappa shape index (κ2) is 9.37. The second-order valence-electron chi connectivity index (χ2n) is 8.04. The van der Waals surface area contributed by atoms with Gasteiger partial charge in [-0.25, -0.2) is 0 Å². The number of carbonyl (C=O) groups excluding carboxylic acids is 2. The number of nitrogens with one attached hydrogen (secondary N) is 1. The van der Waals surface area contributed by atoms with Gasteiger partial charge in [-0.3, -0.25) is 14.5 Å². The highest BCUT2D eigenvalue weighted by Crippen LogP contribution is 2.21. The van der Waals surface area contributed by atoms with Crippen LogP contribution in [0.2, 0.25) is 0 Å². The molecule has 0 radical (unpaired) electrons. The van der Waals surface area contributed by atoms with E-state index >= 15 is 0 Å². The molecule has 2 heterocycles. The van der Waals surface area contributed by atoms with Crippen LogP contribution in [-0.4, -0.2) is 54.0 Å². The largest absolute Gasteiger partial charge is 0.376 e. The van der Waals surface area contributed by atoms with Crippen LogP contribution in [0.25, 0.3) is 0 Å². The van der Waals surface area contributed by atoms with Crippen molar-refractivity contribution < 1.29 is 14.3 Å². The summed E-state index contributed by atoms with van der Waals surface area (Å²) in [4.78, 5) is 26.8. The maximum Gasteiger partial charge on any atom is 0.238 e. The normalized spacial score (nSPS) is 16.4. The molecule has 6 nitrogen and oxygen atoms in total. The summed E-state index contributed by atoms with van der Waals surface area (Å²) in [6, 6.07) is 9.61. The van der Waals surface area contributed by atoms with E-state index < -0.39 is 0 Å². The molecule has 156 valence electrons. The minimum absolute atomic E-state index is 0.0299. The summed E-state index contributed by atoms with van der Waals surface area (Å²) in [6.45, 7) is 7.99. The predicted molar refractivity (Wildman–Crippen MR) is 115 cm³/mol. The number of Topliss-reactive ketones (excluding diaryl/α,β-unsaturated/α-hetero) is 1. The van der Waals surface area contributed by atoms with Crippen molar-refractivity contribution in [3.05, 3.63) is 52.8 Å². The maximum absolute atomic E-state index is 12.8. The lowest BCUT2D eigenvalue weighted by molar-refractivity contribution is -0.116. The van der Waals surface area contributed by atoms with Crippen LogP contribution in [0, 0.1) is 20.8 Å². The van der Waals surface area contributed by atoms with Crippen LogP contribution in [0.3, 0.4) is 0 Å². The lowest BCUT2D eigenvalue weighted by Crippen LogP contribution is -2.34. The number of ketones is 1. The van der Waals surface area contributed by atoms with Crippen LogP contribution in [0.15, 0.2) is 30.3 Å². The molecule has 2 aromatic rings. The van der Waals surface area contributed by atoms with Crippen molar-refractivity contribution in [2.45, 2.75) is 46.3 Å². The smallest absolute Gasteiger partial charge is 0.238 e. The number of aromatic nitrogens is 1. The first kappa shape index (κ1) is 21.3. The number of benzene rings is 1. The van der Waals surface area contributed by atoms with E-state index in [0.29, 0.717) is 0 Å². The Hall–Kier alpha value is -2.44. The number of rotatable bonds is 8. The number of ether oxygens (including phenoxy) is 1. The third kappa shape index (κ3) is 5.55. The standard InChI is InChI=1S/C23H31N3O3/c1-16-7-9-19(10-8-16)24-23(28)15-25(4)14-22(27)21-12-17(2)26(18(21)3)13-20-6-5-11-29-20/h7-10,12,20H,5-6,11,13-15H2,1-4H3,(H,24,28)/t20-/m0/s1. The van der Waals surface area contributed by atoms with Gasteiger partial charge in [0, 0.05) is 35.8 Å². The molecule has 1 aromatic carbocycles. The maximum atomic E-state index is 12.8. The second-order valence-corrected chi connectivity index (χ2v) is 8.04. The summed E-state index contributed by atoms with van der Waals surface area (Å²) in [6.07, 6.45) is 2.40. The van der Waals surface area contributed by atoms with E-state index in [1.807, 2.05) is 51.1 Å². The summed E-state index contributed by atoms with van der Waals surface area (Å²) in [5.41, 5.74) is 4.67. The first-order valence-corrected chi connectivity index (χ1v) is 10.2. The van der Waals surface area contributed by atoms with Crippen molar-refractivity contribution in [1.29, 1.82) is 0 Å². The molecular weight excluding hydrogens is 366 g/mol. The molecule has 1 aliphatic rings. The van der Waals surface area contributed by atoms with Crippen molar-refractivity contribution in [2.24, 2.45) is 0 Å². The zero-order valence-corrected chi connectivity index (χ0v) is 17.8. The van der Waals surface area contributed by atoms with Gasteiger partial charge in [0.05, 0.1) is 19.2 Å². The highest BCUT2D eigenvalue weighted by Gasteiger charge is 2.22. The van der Waals surface area contributed by atoms with Gasteiger partial charge >= 0.3 is 0 Å². The molecule has 0 unspecified atom stereocenters. The molecule has 0 spiro atoms. The van der Waals surface area contributed by atoms with Gasteiger partial charge in [0.15, 0.2) is 5.78 Å². The number of carbonyl (C=O) groups is 2. The molecule has 29 heavy (non-hydrogen) atoms. The molecule has 0 aliphatic carbocycles. The summed E-state index contributed by atoms with van der Waals surface area (Å²) < 4.78 is 7.92. The van der Waals surface area contributed by atoms with Crippen molar-refractivity contribution in [2.75, 3.05) is 32.1 Å². The summed E-state index contributed by atoms with van der Waals surface area (Å²) in [5.74, 6) is -0.102. The molecule has 0 saturated carbocycles. The van der Waals surface area contributed by atoms with Gasteiger partial charge in [0.2, 0.25) is 5.91 Å². The molecular formula is C23H31N3O3. The van der Waals surface area contributed by atoms with Crippen LogP contribution in [0.5, 0.6) is 0 Å². The monoisotopic (exact) mass is 397 g/mol. The number of aryl methyl sites for hydroxylation is 2. The fraction of sp³-hybridized carbons (Fsp3) is 0.478. The lowest BCUT2D eigenvalue weighted by atomic mass is 10.1. The van der Waals surface area contributed by atoms with E-state index in [-0.39, 0.29) is 30.9 Å². The molecule has 1 N–H and O–H groups in total.